The minimum atomic E-state index is -4.13. The number of hydrogen-bond donors (Lipinski definition) is 1. The molecule has 1 N–H and O–H groups in total. The van der Waals surface area contributed by atoms with Crippen LogP contribution in [-0.4, -0.2) is 68.3 Å². The van der Waals surface area contributed by atoms with Crippen molar-refractivity contribution in [2.24, 2.45) is 16.8 Å². The molecule has 28 heavy (non-hydrogen) atoms. The zero-order valence-corrected chi connectivity index (χ0v) is 16.8. The molecular formula is C21H31F3N4. The van der Waals surface area contributed by atoms with Crippen LogP contribution in [0.1, 0.15) is 31.2 Å². The molecule has 1 aromatic carbocycles. The van der Waals surface area contributed by atoms with Crippen molar-refractivity contribution in [2.45, 2.75) is 31.9 Å². The lowest BCUT2D eigenvalue weighted by molar-refractivity contribution is -0.146. The van der Waals surface area contributed by atoms with E-state index in [1.807, 2.05) is 6.07 Å². The highest BCUT2D eigenvalue weighted by Gasteiger charge is 2.38. The summed E-state index contributed by atoms with van der Waals surface area (Å²) in [6, 6.07) is 10.6. The van der Waals surface area contributed by atoms with Gasteiger partial charge in [0.15, 0.2) is 5.96 Å². The standard InChI is InChI=1S/C21H31F3N4/c1-3-27(15-21(22,23)24)13-16-9-10-28(14-16)20(25-2)26-12-18-11-19(18)17-7-5-4-6-8-17/h4-8,16,18-19H,3,9-15H2,1-2H3,(H,25,26). The molecule has 1 aliphatic carbocycles. The normalized spacial score (nSPS) is 25.4. The molecular weight excluding hydrogens is 365 g/mol. The molecule has 1 heterocycles. The predicted octanol–water partition coefficient (Wildman–Crippen LogP) is 3.57. The fraction of sp³-hybridized carbons (Fsp3) is 0.667. The molecule has 1 saturated carbocycles. The number of aliphatic imine (C=N–C) groups is 1. The summed E-state index contributed by atoms with van der Waals surface area (Å²) in [6.45, 7) is 4.38. The molecule has 2 aliphatic rings. The maximum atomic E-state index is 12.7. The summed E-state index contributed by atoms with van der Waals surface area (Å²) in [6.07, 6.45) is -2.03. The lowest BCUT2D eigenvalue weighted by Gasteiger charge is -2.26. The summed E-state index contributed by atoms with van der Waals surface area (Å²) in [5.74, 6) is 2.37. The van der Waals surface area contributed by atoms with Gasteiger partial charge < -0.3 is 10.2 Å². The van der Waals surface area contributed by atoms with Crippen LogP contribution in [0.2, 0.25) is 0 Å². The Balaban J connectivity index is 1.43. The molecule has 4 nitrogen and oxygen atoms in total. The van der Waals surface area contributed by atoms with Crippen molar-refractivity contribution in [1.82, 2.24) is 15.1 Å². The molecule has 3 unspecified atom stereocenters. The van der Waals surface area contributed by atoms with Crippen molar-refractivity contribution < 1.29 is 13.2 Å². The zero-order chi connectivity index (χ0) is 20.1. The lowest BCUT2D eigenvalue weighted by Crippen LogP contribution is -2.42. The van der Waals surface area contributed by atoms with Crippen LogP contribution >= 0.6 is 0 Å². The van der Waals surface area contributed by atoms with Crippen LogP contribution in [0.4, 0.5) is 13.2 Å². The minimum Gasteiger partial charge on any atom is -0.356 e. The Morgan fingerprint density at radius 3 is 2.68 bits per heavy atom. The SMILES string of the molecule is CCN(CC1CCN(C(=NC)NCC2CC2c2ccccc2)C1)CC(F)(F)F. The summed E-state index contributed by atoms with van der Waals surface area (Å²) in [5, 5.41) is 3.48. The molecule has 2 fully saturated rings. The van der Waals surface area contributed by atoms with E-state index < -0.39 is 12.7 Å². The minimum absolute atomic E-state index is 0.249. The average Bonchev–Trinajstić information content (AvgIpc) is 3.30. The average molecular weight is 397 g/mol. The third-order valence-electron chi connectivity index (χ3n) is 5.84. The van der Waals surface area contributed by atoms with Crippen LogP contribution in [0.5, 0.6) is 0 Å². The van der Waals surface area contributed by atoms with Crippen molar-refractivity contribution in [3.8, 4) is 0 Å². The van der Waals surface area contributed by atoms with Crippen LogP contribution in [0.25, 0.3) is 0 Å². The first-order chi connectivity index (χ1) is 13.4. The second kappa shape index (κ2) is 9.16. The molecule has 1 aromatic rings. The van der Waals surface area contributed by atoms with E-state index in [0.717, 1.165) is 32.0 Å². The fourth-order valence-corrected chi connectivity index (χ4v) is 4.23. The Bertz CT molecular complexity index is 647. The van der Waals surface area contributed by atoms with Crippen molar-refractivity contribution in [3.05, 3.63) is 35.9 Å². The Morgan fingerprint density at radius 1 is 1.29 bits per heavy atom. The quantitative estimate of drug-likeness (QED) is 0.565. The van der Waals surface area contributed by atoms with Gasteiger partial charge in [0.2, 0.25) is 0 Å². The van der Waals surface area contributed by atoms with Gasteiger partial charge in [-0.15, -0.1) is 0 Å². The van der Waals surface area contributed by atoms with Crippen LogP contribution in [-0.2, 0) is 0 Å². The maximum Gasteiger partial charge on any atom is 0.401 e. The van der Waals surface area contributed by atoms with Gasteiger partial charge in [0, 0.05) is 33.2 Å². The number of guanidine groups is 1. The summed E-state index contributed by atoms with van der Waals surface area (Å²) in [7, 11) is 1.78. The van der Waals surface area contributed by atoms with E-state index in [4.69, 9.17) is 0 Å². The summed E-state index contributed by atoms with van der Waals surface area (Å²) >= 11 is 0. The van der Waals surface area contributed by atoms with E-state index in [1.165, 1.54) is 16.9 Å². The second-order valence-corrected chi connectivity index (χ2v) is 7.98. The zero-order valence-electron chi connectivity index (χ0n) is 16.8. The van der Waals surface area contributed by atoms with Gasteiger partial charge in [-0.2, -0.15) is 13.2 Å². The Kier molecular flexibility index (Phi) is 6.86. The molecule has 0 bridgehead atoms. The molecule has 0 aromatic heterocycles. The maximum absolute atomic E-state index is 12.7. The Hall–Kier alpha value is -1.76. The van der Waals surface area contributed by atoms with Crippen LogP contribution in [0.3, 0.4) is 0 Å². The van der Waals surface area contributed by atoms with Gasteiger partial charge in [0.05, 0.1) is 6.54 Å². The van der Waals surface area contributed by atoms with Gasteiger partial charge in [0.25, 0.3) is 0 Å². The van der Waals surface area contributed by atoms with E-state index in [-0.39, 0.29) is 5.92 Å². The van der Waals surface area contributed by atoms with Crippen molar-refractivity contribution in [2.75, 3.05) is 46.3 Å². The number of nitrogens with one attached hydrogen (secondary N) is 1. The molecule has 0 radical (unpaired) electrons. The molecule has 1 saturated heterocycles. The number of alkyl halides is 3. The molecule has 3 rings (SSSR count). The summed E-state index contributed by atoms with van der Waals surface area (Å²) in [4.78, 5) is 8.08. The van der Waals surface area contributed by atoms with Crippen LogP contribution in [0, 0.1) is 11.8 Å². The first kappa shape index (κ1) is 21.0. The van der Waals surface area contributed by atoms with Gasteiger partial charge in [0.1, 0.15) is 0 Å². The monoisotopic (exact) mass is 396 g/mol. The number of halogens is 3. The van der Waals surface area contributed by atoms with E-state index in [0.29, 0.717) is 24.9 Å². The highest BCUT2D eigenvalue weighted by Crippen LogP contribution is 2.46. The number of rotatable bonds is 7. The van der Waals surface area contributed by atoms with Crippen LogP contribution < -0.4 is 5.32 Å². The summed E-state index contributed by atoms with van der Waals surface area (Å²) in [5.41, 5.74) is 1.40. The second-order valence-electron chi connectivity index (χ2n) is 7.98. The van der Waals surface area contributed by atoms with E-state index in [1.54, 1.807) is 14.0 Å². The van der Waals surface area contributed by atoms with E-state index >= 15 is 0 Å². The smallest absolute Gasteiger partial charge is 0.356 e. The third-order valence-corrected chi connectivity index (χ3v) is 5.84. The number of benzene rings is 1. The molecule has 1 aliphatic heterocycles. The van der Waals surface area contributed by atoms with Gasteiger partial charge >= 0.3 is 6.18 Å². The predicted molar refractivity (Wildman–Crippen MR) is 107 cm³/mol. The van der Waals surface area contributed by atoms with Gasteiger partial charge in [-0.25, -0.2) is 0 Å². The van der Waals surface area contributed by atoms with Gasteiger partial charge in [-0.3, -0.25) is 9.89 Å². The molecule has 0 spiro atoms. The van der Waals surface area contributed by atoms with E-state index in [9.17, 15) is 13.2 Å². The highest BCUT2D eigenvalue weighted by atomic mass is 19.4. The molecule has 156 valence electrons. The number of likely N-dealkylation sites (tertiary alicyclic amines) is 1. The third kappa shape index (κ3) is 5.87. The van der Waals surface area contributed by atoms with E-state index in [2.05, 4.69) is 39.5 Å². The first-order valence-corrected chi connectivity index (χ1v) is 10.2. The van der Waals surface area contributed by atoms with Gasteiger partial charge in [-0.1, -0.05) is 37.3 Å². The lowest BCUT2D eigenvalue weighted by atomic mass is 10.1. The molecule has 3 atom stereocenters. The highest BCUT2D eigenvalue weighted by molar-refractivity contribution is 5.80. The van der Waals surface area contributed by atoms with Gasteiger partial charge in [-0.05, 0) is 42.7 Å². The number of nitrogens with zero attached hydrogens (tertiary/aromatic N) is 3. The van der Waals surface area contributed by atoms with Crippen LogP contribution in [0.15, 0.2) is 35.3 Å². The topological polar surface area (TPSA) is 30.9 Å². The Labute approximate surface area is 165 Å². The van der Waals surface area contributed by atoms with Crippen molar-refractivity contribution in [1.29, 1.82) is 0 Å². The van der Waals surface area contributed by atoms with Crippen molar-refractivity contribution >= 4 is 5.96 Å². The molecule has 0 amide bonds. The summed E-state index contributed by atoms with van der Waals surface area (Å²) < 4.78 is 38.0. The van der Waals surface area contributed by atoms with Crippen molar-refractivity contribution in [3.63, 3.8) is 0 Å². The fourth-order valence-electron chi connectivity index (χ4n) is 4.23. The largest absolute Gasteiger partial charge is 0.401 e. The molecule has 7 heteroatoms. The number of hydrogen-bond acceptors (Lipinski definition) is 2. The Morgan fingerprint density at radius 2 is 2.04 bits per heavy atom. The first-order valence-electron chi connectivity index (χ1n) is 10.2.